The second kappa shape index (κ2) is 8.89. The van der Waals surface area contributed by atoms with Crippen LogP contribution in [0.2, 0.25) is 0 Å². The first-order valence-corrected chi connectivity index (χ1v) is 8.98. The first-order valence-electron chi connectivity index (χ1n) is 8.98. The lowest BCUT2D eigenvalue weighted by Crippen LogP contribution is -2.48. The van der Waals surface area contributed by atoms with Crippen LogP contribution in [0.5, 0.6) is 11.5 Å². The molecule has 1 fully saturated rings. The maximum atomic E-state index is 11.8. The third-order valence-corrected chi connectivity index (χ3v) is 4.91. The van der Waals surface area contributed by atoms with Crippen LogP contribution in [0.3, 0.4) is 0 Å². The summed E-state index contributed by atoms with van der Waals surface area (Å²) in [5.41, 5.74) is 1.45. The standard InChI is InChI=1S/C20H22N2O7/c1-27-16-8-5-14(17(11-16)28-2)12-21-9-10-29-19(20(23)24)18(21)13-3-6-15(7-4-13)22(25)26/h3-8,11,18-19H,9-10,12H2,1-2H3,(H,23,24)/t18-,19-/m1/s1. The van der Waals surface area contributed by atoms with Crippen molar-refractivity contribution in [3.05, 3.63) is 63.7 Å². The molecule has 0 unspecified atom stereocenters. The lowest BCUT2D eigenvalue weighted by molar-refractivity contribution is -0.384. The van der Waals surface area contributed by atoms with Crippen molar-refractivity contribution in [2.45, 2.75) is 18.7 Å². The molecule has 0 amide bonds. The largest absolute Gasteiger partial charge is 0.497 e. The quantitative estimate of drug-likeness (QED) is 0.556. The number of non-ortho nitro benzene ring substituents is 1. The van der Waals surface area contributed by atoms with Crippen molar-refractivity contribution in [1.29, 1.82) is 0 Å². The number of carbonyl (C=O) groups is 1. The van der Waals surface area contributed by atoms with Gasteiger partial charge < -0.3 is 19.3 Å². The minimum atomic E-state index is -1.09. The Kier molecular flexibility index (Phi) is 6.30. The molecule has 1 N–H and O–H groups in total. The molecule has 2 aromatic carbocycles. The molecule has 29 heavy (non-hydrogen) atoms. The number of morpholine rings is 1. The average molecular weight is 402 g/mol. The van der Waals surface area contributed by atoms with Gasteiger partial charge in [-0.3, -0.25) is 15.0 Å². The summed E-state index contributed by atoms with van der Waals surface area (Å²) in [6.45, 7) is 1.18. The van der Waals surface area contributed by atoms with Crippen LogP contribution in [0.1, 0.15) is 17.2 Å². The number of carboxylic acids is 1. The van der Waals surface area contributed by atoms with Crippen LogP contribution >= 0.6 is 0 Å². The fraction of sp³-hybridized carbons (Fsp3) is 0.350. The van der Waals surface area contributed by atoms with E-state index in [1.807, 2.05) is 17.0 Å². The van der Waals surface area contributed by atoms with E-state index in [1.165, 1.54) is 12.1 Å². The molecular formula is C20H22N2O7. The van der Waals surface area contributed by atoms with Crippen LogP contribution in [0.4, 0.5) is 5.69 Å². The Bertz CT molecular complexity index is 885. The normalized spacial score (nSPS) is 19.5. The highest BCUT2D eigenvalue weighted by Crippen LogP contribution is 2.34. The maximum Gasteiger partial charge on any atom is 0.334 e. The second-order valence-electron chi connectivity index (χ2n) is 6.57. The highest BCUT2D eigenvalue weighted by atomic mass is 16.6. The van der Waals surface area contributed by atoms with Gasteiger partial charge in [0.05, 0.1) is 31.8 Å². The molecule has 2 atom stereocenters. The molecule has 9 nitrogen and oxygen atoms in total. The van der Waals surface area contributed by atoms with E-state index >= 15 is 0 Å². The summed E-state index contributed by atoms with van der Waals surface area (Å²) in [7, 11) is 3.13. The number of hydrogen-bond donors (Lipinski definition) is 1. The Balaban J connectivity index is 1.94. The van der Waals surface area contributed by atoms with Gasteiger partial charge in [0.2, 0.25) is 0 Å². The predicted molar refractivity (Wildman–Crippen MR) is 103 cm³/mol. The van der Waals surface area contributed by atoms with E-state index in [-0.39, 0.29) is 12.3 Å². The minimum absolute atomic E-state index is 0.0549. The van der Waals surface area contributed by atoms with Crippen molar-refractivity contribution in [2.24, 2.45) is 0 Å². The van der Waals surface area contributed by atoms with Crippen molar-refractivity contribution in [3.63, 3.8) is 0 Å². The molecule has 2 aromatic rings. The molecule has 0 spiro atoms. The maximum absolute atomic E-state index is 11.8. The topological polar surface area (TPSA) is 111 Å². The molecular weight excluding hydrogens is 380 g/mol. The van der Waals surface area contributed by atoms with E-state index in [0.29, 0.717) is 30.2 Å². The van der Waals surface area contributed by atoms with E-state index < -0.39 is 23.0 Å². The Morgan fingerprint density at radius 3 is 2.55 bits per heavy atom. The van der Waals surface area contributed by atoms with Crippen LogP contribution in [0.25, 0.3) is 0 Å². The van der Waals surface area contributed by atoms with Crippen LogP contribution in [0.15, 0.2) is 42.5 Å². The fourth-order valence-electron chi connectivity index (χ4n) is 3.48. The van der Waals surface area contributed by atoms with Gasteiger partial charge >= 0.3 is 5.97 Å². The number of aliphatic carboxylic acids is 1. The molecule has 0 aromatic heterocycles. The van der Waals surface area contributed by atoms with E-state index in [9.17, 15) is 20.0 Å². The number of rotatable bonds is 7. The first kappa shape index (κ1) is 20.6. The summed E-state index contributed by atoms with van der Waals surface area (Å²) < 4.78 is 16.2. The van der Waals surface area contributed by atoms with Gasteiger partial charge in [0, 0.05) is 36.9 Å². The van der Waals surface area contributed by atoms with E-state index in [1.54, 1.807) is 32.4 Å². The predicted octanol–water partition coefficient (Wildman–Crippen LogP) is 2.64. The molecule has 9 heteroatoms. The van der Waals surface area contributed by atoms with E-state index in [2.05, 4.69) is 0 Å². The third kappa shape index (κ3) is 4.47. The van der Waals surface area contributed by atoms with Gasteiger partial charge in [0.25, 0.3) is 5.69 Å². The fourth-order valence-corrected chi connectivity index (χ4v) is 3.48. The molecule has 0 radical (unpaired) electrons. The summed E-state index contributed by atoms with van der Waals surface area (Å²) in [5.74, 6) is 0.202. The molecule has 0 bridgehead atoms. The lowest BCUT2D eigenvalue weighted by Gasteiger charge is -2.39. The zero-order valence-corrected chi connectivity index (χ0v) is 16.1. The number of nitro groups is 1. The number of nitrogens with zero attached hydrogens (tertiary/aromatic N) is 2. The number of hydrogen-bond acceptors (Lipinski definition) is 7. The van der Waals surface area contributed by atoms with Gasteiger partial charge in [-0.25, -0.2) is 4.79 Å². The van der Waals surface area contributed by atoms with Gasteiger partial charge in [-0.05, 0) is 11.6 Å². The second-order valence-corrected chi connectivity index (χ2v) is 6.57. The monoisotopic (exact) mass is 402 g/mol. The minimum Gasteiger partial charge on any atom is -0.497 e. The number of benzene rings is 2. The van der Waals surface area contributed by atoms with Crippen molar-refractivity contribution in [3.8, 4) is 11.5 Å². The molecule has 1 saturated heterocycles. The van der Waals surface area contributed by atoms with Crippen molar-refractivity contribution in [2.75, 3.05) is 27.4 Å². The highest BCUT2D eigenvalue weighted by molar-refractivity contribution is 5.74. The summed E-state index contributed by atoms with van der Waals surface area (Å²) in [6.07, 6.45) is -1.09. The summed E-state index contributed by atoms with van der Waals surface area (Å²) in [6, 6.07) is 10.7. The van der Waals surface area contributed by atoms with Crippen molar-refractivity contribution < 1.29 is 29.0 Å². The van der Waals surface area contributed by atoms with Gasteiger partial charge in [-0.2, -0.15) is 0 Å². The third-order valence-electron chi connectivity index (χ3n) is 4.91. The van der Waals surface area contributed by atoms with Crippen molar-refractivity contribution in [1.82, 2.24) is 4.90 Å². The highest BCUT2D eigenvalue weighted by Gasteiger charge is 2.38. The van der Waals surface area contributed by atoms with E-state index in [4.69, 9.17) is 14.2 Å². The number of nitro benzene ring substituents is 1. The first-order chi connectivity index (χ1) is 13.9. The Morgan fingerprint density at radius 1 is 1.24 bits per heavy atom. The van der Waals surface area contributed by atoms with Crippen LogP contribution in [-0.4, -0.2) is 54.4 Å². The summed E-state index contributed by atoms with van der Waals surface area (Å²) >= 11 is 0. The molecule has 0 aliphatic carbocycles. The van der Waals surface area contributed by atoms with Gasteiger partial charge in [-0.15, -0.1) is 0 Å². The van der Waals surface area contributed by atoms with Gasteiger partial charge in [-0.1, -0.05) is 18.2 Å². The molecule has 1 aliphatic rings. The molecule has 154 valence electrons. The number of methoxy groups -OCH3 is 2. The van der Waals surface area contributed by atoms with Crippen LogP contribution < -0.4 is 9.47 Å². The number of ether oxygens (including phenoxy) is 3. The average Bonchev–Trinajstić information content (AvgIpc) is 2.73. The summed E-state index contributed by atoms with van der Waals surface area (Å²) in [5, 5.41) is 20.6. The molecule has 3 rings (SSSR count). The van der Waals surface area contributed by atoms with Crippen molar-refractivity contribution >= 4 is 11.7 Å². The Morgan fingerprint density at radius 2 is 1.97 bits per heavy atom. The lowest BCUT2D eigenvalue weighted by atomic mass is 9.97. The zero-order chi connectivity index (χ0) is 21.0. The van der Waals surface area contributed by atoms with Gasteiger partial charge in [0.1, 0.15) is 11.5 Å². The smallest absolute Gasteiger partial charge is 0.334 e. The summed E-state index contributed by atoms with van der Waals surface area (Å²) in [4.78, 5) is 24.2. The van der Waals surface area contributed by atoms with Gasteiger partial charge in [0.15, 0.2) is 6.10 Å². The number of carboxylic acid groups (broad SMARTS) is 1. The molecule has 1 heterocycles. The zero-order valence-electron chi connectivity index (χ0n) is 16.1. The Hall–Kier alpha value is -3.17. The Labute approximate surface area is 167 Å². The van der Waals surface area contributed by atoms with Crippen LogP contribution in [0, 0.1) is 10.1 Å². The SMILES string of the molecule is COc1ccc(CN2CCO[C@@H](C(=O)O)[C@H]2c2ccc([N+](=O)[O-])cc2)c(OC)c1. The molecule has 1 aliphatic heterocycles. The van der Waals surface area contributed by atoms with Crippen LogP contribution in [-0.2, 0) is 16.1 Å². The molecule has 0 saturated carbocycles. The van der Waals surface area contributed by atoms with E-state index in [0.717, 1.165) is 5.56 Å².